The number of carbonyl (C=O) groups is 1. The zero-order chi connectivity index (χ0) is 27.9. The topological polar surface area (TPSA) is 51.7 Å². The number of aromatic nitrogens is 1. The van der Waals surface area contributed by atoms with Crippen molar-refractivity contribution >= 4 is 29.1 Å². The molecule has 0 spiro atoms. The summed E-state index contributed by atoms with van der Waals surface area (Å²) in [7, 11) is 1.74. The second-order valence-electron chi connectivity index (χ2n) is 11.2. The highest BCUT2D eigenvalue weighted by Crippen LogP contribution is 2.35. The summed E-state index contributed by atoms with van der Waals surface area (Å²) in [4.78, 5) is 22.3. The molecule has 0 aliphatic carbocycles. The van der Waals surface area contributed by atoms with Gasteiger partial charge in [0.1, 0.15) is 10.3 Å². The third-order valence-electron chi connectivity index (χ3n) is 5.95. The normalized spacial score (nSPS) is 12.2. The third kappa shape index (κ3) is 9.53. The van der Waals surface area contributed by atoms with Crippen molar-refractivity contribution in [1.82, 2.24) is 9.88 Å². The first kappa shape index (κ1) is 30.4. The minimum Gasteiger partial charge on any atom is -0.459 e. The molecule has 0 amide bonds. The number of rotatable bonds is 12. The van der Waals surface area contributed by atoms with Crippen LogP contribution in [-0.4, -0.2) is 46.5 Å². The average molecular weight is 555 g/mol. The fraction of sp³-hybridized carbons (Fsp3) is 0.484. The fourth-order valence-electron chi connectivity index (χ4n) is 4.00. The zero-order valence-electron chi connectivity index (χ0n) is 24.1. The molecule has 2 aromatic carbocycles. The second kappa shape index (κ2) is 13.2. The highest BCUT2D eigenvalue weighted by atomic mass is 32.2. The third-order valence-corrected chi connectivity index (χ3v) is 8.27. The van der Waals surface area contributed by atoms with Crippen LogP contribution in [0.4, 0.5) is 0 Å². The maximum absolute atomic E-state index is 12.7. The molecule has 0 saturated carbocycles. The summed E-state index contributed by atoms with van der Waals surface area (Å²) in [6.07, 6.45) is 0.865. The first-order chi connectivity index (χ1) is 17.8. The maximum atomic E-state index is 12.7. The Labute approximate surface area is 237 Å². The number of carbonyl (C=O) groups excluding carboxylic acids is 1. The molecule has 0 aliphatic heterocycles. The maximum Gasteiger partial charge on any atom is 0.322 e. The summed E-state index contributed by atoms with van der Waals surface area (Å²) in [5.74, 6) is -0.202. The number of thioether (sulfide) groups is 1. The van der Waals surface area contributed by atoms with Gasteiger partial charge in [-0.2, -0.15) is 0 Å². The highest BCUT2D eigenvalue weighted by Gasteiger charge is 2.33. The Hall–Kier alpha value is -2.19. The van der Waals surface area contributed by atoms with E-state index in [0.717, 1.165) is 41.7 Å². The van der Waals surface area contributed by atoms with Crippen LogP contribution in [0.1, 0.15) is 66.9 Å². The van der Waals surface area contributed by atoms with E-state index < -0.39 is 10.3 Å². The van der Waals surface area contributed by atoms with Gasteiger partial charge in [-0.1, -0.05) is 42.0 Å². The average Bonchev–Trinajstić information content (AvgIpc) is 3.15. The van der Waals surface area contributed by atoms with Crippen molar-refractivity contribution in [3.8, 4) is 0 Å². The van der Waals surface area contributed by atoms with Gasteiger partial charge in [0, 0.05) is 42.9 Å². The van der Waals surface area contributed by atoms with Gasteiger partial charge in [0.25, 0.3) is 0 Å². The van der Waals surface area contributed by atoms with Gasteiger partial charge >= 0.3 is 5.97 Å². The summed E-state index contributed by atoms with van der Waals surface area (Å²) in [5.41, 5.74) is 4.41. The molecule has 3 aromatic rings. The molecular formula is C31H42N2O3S2. The Morgan fingerprint density at radius 3 is 2.34 bits per heavy atom. The van der Waals surface area contributed by atoms with Gasteiger partial charge in [-0.3, -0.25) is 9.69 Å². The van der Waals surface area contributed by atoms with E-state index in [1.54, 1.807) is 7.11 Å². The zero-order valence-corrected chi connectivity index (χ0v) is 25.7. The number of hydrogen-bond acceptors (Lipinski definition) is 7. The molecule has 0 fully saturated rings. The van der Waals surface area contributed by atoms with E-state index in [4.69, 9.17) is 14.5 Å². The summed E-state index contributed by atoms with van der Waals surface area (Å²) in [6.45, 7) is 16.9. The Morgan fingerprint density at radius 2 is 1.71 bits per heavy atom. The number of nitrogens with zero attached hydrogens (tertiary/aromatic N) is 2. The van der Waals surface area contributed by atoms with Crippen LogP contribution < -0.4 is 0 Å². The number of methoxy groups -OCH3 is 1. The van der Waals surface area contributed by atoms with Crippen molar-refractivity contribution in [2.75, 3.05) is 20.3 Å². The predicted octanol–water partition coefficient (Wildman–Crippen LogP) is 7.21. The van der Waals surface area contributed by atoms with Crippen LogP contribution in [-0.2, 0) is 33.8 Å². The molecule has 0 N–H and O–H groups in total. The van der Waals surface area contributed by atoms with Crippen LogP contribution in [0.15, 0.2) is 53.4 Å². The number of hydrogen-bond donors (Lipinski definition) is 0. The molecule has 0 unspecified atom stereocenters. The first-order valence-electron chi connectivity index (χ1n) is 13.1. The predicted molar refractivity (Wildman–Crippen MR) is 159 cm³/mol. The second-order valence-corrected chi connectivity index (χ2v) is 14.1. The Kier molecular flexibility index (Phi) is 10.6. The monoisotopic (exact) mass is 554 g/mol. The molecule has 1 heterocycles. The van der Waals surface area contributed by atoms with Gasteiger partial charge < -0.3 is 9.47 Å². The molecule has 38 heavy (non-hydrogen) atoms. The largest absolute Gasteiger partial charge is 0.459 e. The summed E-state index contributed by atoms with van der Waals surface area (Å²) < 4.78 is 10.3. The van der Waals surface area contributed by atoms with Gasteiger partial charge in [0.15, 0.2) is 0 Å². The van der Waals surface area contributed by atoms with E-state index in [0.29, 0.717) is 6.61 Å². The van der Waals surface area contributed by atoms with E-state index in [2.05, 4.69) is 67.3 Å². The summed E-state index contributed by atoms with van der Waals surface area (Å²) >= 11 is 3.34. The molecule has 0 atom stereocenters. The summed E-state index contributed by atoms with van der Waals surface area (Å²) in [5, 5.41) is 1.16. The summed E-state index contributed by atoms with van der Waals surface area (Å²) in [6, 6.07) is 17.1. The lowest BCUT2D eigenvalue weighted by molar-refractivity contribution is -0.156. The van der Waals surface area contributed by atoms with E-state index in [1.807, 2.05) is 46.0 Å². The Bertz CT molecular complexity index is 1200. The SMILES string of the molecule is COCCN(Cc1ccc(SC(C)(C)C(=O)OC(C)(C)C)cc1)Cc1sc(Cc2cccc(C)c2)nc1C. The minimum absolute atomic E-state index is 0.202. The van der Waals surface area contributed by atoms with Crippen LogP contribution in [0.3, 0.4) is 0 Å². The van der Waals surface area contributed by atoms with E-state index >= 15 is 0 Å². The molecule has 0 radical (unpaired) electrons. The van der Waals surface area contributed by atoms with E-state index in [-0.39, 0.29) is 5.97 Å². The standard InChI is InChI=1S/C31H42N2O3S2/c1-22-10-9-11-25(18-22)19-28-32-23(2)27(37-28)21-33(16-17-35-8)20-24-12-14-26(15-13-24)38-31(6,7)29(34)36-30(3,4)5/h9-15,18H,16-17,19-21H2,1-8H3. The van der Waals surface area contributed by atoms with Crippen LogP contribution in [0.25, 0.3) is 0 Å². The lowest BCUT2D eigenvalue weighted by Gasteiger charge is -2.28. The number of aryl methyl sites for hydroxylation is 2. The van der Waals surface area contributed by atoms with Crippen LogP contribution in [0, 0.1) is 13.8 Å². The molecular weight excluding hydrogens is 512 g/mol. The van der Waals surface area contributed by atoms with Crippen LogP contribution >= 0.6 is 23.1 Å². The number of esters is 1. The van der Waals surface area contributed by atoms with Gasteiger partial charge in [-0.25, -0.2) is 4.98 Å². The van der Waals surface area contributed by atoms with E-state index in [1.165, 1.54) is 33.3 Å². The van der Waals surface area contributed by atoms with Crippen LogP contribution in [0.2, 0.25) is 0 Å². The van der Waals surface area contributed by atoms with Gasteiger partial charge in [-0.15, -0.1) is 23.1 Å². The van der Waals surface area contributed by atoms with Crippen molar-refractivity contribution in [2.24, 2.45) is 0 Å². The number of ether oxygens (including phenoxy) is 2. The van der Waals surface area contributed by atoms with E-state index in [9.17, 15) is 4.79 Å². The molecule has 0 bridgehead atoms. The Morgan fingerprint density at radius 1 is 1.00 bits per heavy atom. The molecule has 3 rings (SSSR count). The molecule has 0 saturated heterocycles. The molecule has 7 heteroatoms. The molecule has 1 aromatic heterocycles. The number of benzene rings is 2. The lowest BCUT2D eigenvalue weighted by Crippen LogP contribution is -2.36. The Balaban J connectivity index is 1.66. The quantitative estimate of drug-likeness (QED) is 0.174. The lowest BCUT2D eigenvalue weighted by atomic mass is 10.1. The molecule has 206 valence electrons. The van der Waals surface area contributed by atoms with Crippen molar-refractivity contribution in [1.29, 1.82) is 0 Å². The van der Waals surface area contributed by atoms with Gasteiger partial charge in [-0.05, 0) is 71.7 Å². The fourth-order valence-corrected chi connectivity index (χ4v) is 6.14. The van der Waals surface area contributed by atoms with Crippen molar-refractivity contribution < 1.29 is 14.3 Å². The van der Waals surface area contributed by atoms with Gasteiger partial charge in [0.2, 0.25) is 0 Å². The van der Waals surface area contributed by atoms with Crippen molar-refractivity contribution in [3.63, 3.8) is 0 Å². The highest BCUT2D eigenvalue weighted by molar-refractivity contribution is 8.01. The minimum atomic E-state index is -0.668. The van der Waals surface area contributed by atoms with Gasteiger partial charge in [0.05, 0.1) is 17.3 Å². The van der Waals surface area contributed by atoms with Crippen molar-refractivity contribution in [3.05, 3.63) is 80.8 Å². The first-order valence-corrected chi connectivity index (χ1v) is 14.7. The smallest absolute Gasteiger partial charge is 0.322 e. The van der Waals surface area contributed by atoms with Crippen molar-refractivity contribution in [2.45, 2.75) is 83.2 Å². The number of thiazole rings is 1. The molecule has 5 nitrogen and oxygen atoms in total. The van der Waals surface area contributed by atoms with Crippen LogP contribution in [0.5, 0.6) is 0 Å². The molecule has 0 aliphatic rings.